The Morgan fingerprint density at radius 1 is 0.966 bits per heavy atom. The summed E-state index contributed by atoms with van der Waals surface area (Å²) in [6.45, 7) is 2.31. The highest BCUT2D eigenvalue weighted by Crippen LogP contribution is 2.25. The molecule has 1 aromatic heterocycles. The molecule has 148 valence electrons. The molecule has 2 aromatic carbocycles. The molecule has 0 saturated carbocycles. The van der Waals surface area contributed by atoms with E-state index in [2.05, 4.69) is 20.2 Å². The molecule has 29 heavy (non-hydrogen) atoms. The Morgan fingerprint density at radius 3 is 2.55 bits per heavy atom. The van der Waals surface area contributed by atoms with Gasteiger partial charge in [0.2, 0.25) is 0 Å². The minimum Gasteiger partial charge on any atom is -0.457 e. The van der Waals surface area contributed by atoms with Gasteiger partial charge in [0.1, 0.15) is 23.1 Å². The van der Waals surface area contributed by atoms with Crippen LogP contribution in [0.15, 0.2) is 66.9 Å². The van der Waals surface area contributed by atoms with Crippen LogP contribution in [0.4, 0.5) is 5.82 Å². The molecule has 1 amide bonds. The maximum atomic E-state index is 12.8. The van der Waals surface area contributed by atoms with Crippen LogP contribution in [-0.2, 0) is 6.54 Å². The maximum absolute atomic E-state index is 12.8. The second-order valence-electron chi connectivity index (χ2n) is 6.97. The summed E-state index contributed by atoms with van der Waals surface area (Å²) in [6.07, 6.45) is 5.41. The number of carbonyl (C=O) groups excluding carboxylic acids is 1. The zero-order valence-electron chi connectivity index (χ0n) is 16.3. The first-order valence-corrected chi connectivity index (χ1v) is 9.96. The monoisotopic (exact) mass is 388 g/mol. The number of para-hydroxylation sites is 2. The Labute approximate surface area is 170 Å². The fourth-order valence-corrected chi connectivity index (χ4v) is 3.39. The molecule has 6 heteroatoms. The van der Waals surface area contributed by atoms with Gasteiger partial charge in [0, 0.05) is 19.3 Å². The van der Waals surface area contributed by atoms with Crippen molar-refractivity contribution in [3.05, 3.63) is 78.2 Å². The van der Waals surface area contributed by atoms with Crippen molar-refractivity contribution in [2.45, 2.75) is 25.8 Å². The van der Waals surface area contributed by atoms with Crippen LogP contribution in [0.25, 0.3) is 0 Å². The van der Waals surface area contributed by atoms with E-state index >= 15 is 0 Å². The summed E-state index contributed by atoms with van der Waals surface area (Å²) in [5, 5.41) is 2.91. The number of aromatic nitrogens is 2. The van der Waals surface area contributed by atoms with Crippen LogP contribution in [0.5, 0.6) is 11.5 Å². The third-order valence-corrected chi connectivity index (χ3v) is 4.88. The standard InChI is InChI=1S/C23H24N4O2/c28-23(19-11-5-6-12-20(19)29-18-9-3-1-4-10-18)25-17-21-24-14-13-22(26-21)27-15-7-2-8-16-27/h1,3-6,9-14H,2,7-8,15-17H2,(H,25,28). The molecular weight excluding hydrogens is 364 g/mol. The Hall–Kier alpha value is -3.41. The first kappa shape index (κ1) is 18.9. The van der Waals surface area contributed by atoms with Crippen LogP contribution in [0.3, 0.4) is 0 Å². The lowest BCUT2D eigenvalue weighted by Crippen LogP contribution is -2.31. The molecule has 1 aliphatic rings. The summed E-state index contributed by atoms with van der Waals surface area (Å²) in [5.41, 5.74) is 0.475. The molecule has 2 heterocycles. The minimum absolute atomic E-state index is 0.219. The van der Waals surface area contributed by atoms with Gasteiger partial charge in [-0.3, -0.25) is 4.79 Å². The van der Waals surface area contributed by atoms with Crippen LogP contribution >= 0.6 is 0 Å². The van der Waals surface area contributed by atoms with Crippen molar-refractivity contribution in [2.24, 2.45) is 0 Å². The fourth-order valence-electron chi connectivity index (χ4n) is 3.39. The van der Waals surface area contributed by atoms with E-state index in [1.807, 2.05) is 48.5 Å². The lowest BCUT2D eigenvalue weighted by atomic mass is 10.1. The first-order chi connectivity index (χ1) is 14.3. The molecule has 3 aromatic rings. The molecule has 0 bridgehead atoms. The topological polar surface area (TPSA) is 67.4 Å². The van der Waals surface area contributed by atoms with Crippen molar-refractivity contribution in [1.29, 1.82) is 0 Å². The number of ether oxygens (including phenoxy) is 1. The molecule has 1 aliphatic heterocycles. The summed E-state index contributed by atoms with van der Waals surface area (Å²) in [6, 6.07) is 18.6. The normalized spacial score (nSPS) is 13.7. The predicted octanol–water partition coefficient (Wildman–Crippen LogP) is 4.19. The van der Waals surface area contributed by atoms with Crippen molar-refractivity contribution in [1.82, 2.24) is 15.3 Å². The van der Waals surface area contributed by atoms with Crippen LogP contribution in [-0.4, -0.2) is 29.0 Å². The number of carbonyl (C=O) groups is 1. The number of hydrogen-bond donors (Lipinski definition) is 1. The van der Waals surface area contributed by atoms with Crippen molar-refractivity contribution >= 4 is 11.7 Å². The van der Waals surface area contributed by atoms with Gasteiger partial charge in [-0.2, -0.15) is 0 Å². The van der Waals surface area contributed by atoms with E-state index in [1.54, 1.807) is 18.3 Å². The Kier molecular flexibility index (Phi) is 6.00. The van der Waals surface area contributed by atoms with Gasteiger partial charge < -0.3 is 15.0 Å². The summed E-state index contributed by atoms with van der Waals surface area (Å²) in [7, 11) is 0. The van der Waals surface area contributed by atoms with Crippen LogP contribution in [0.2, 0.25) is 0 Å². The Morgan fingerprint density at radius 2 is 1.72 bits per heavy atom. The number of piperidine rings is 1. The molecule has 0 unspecified atom stereocenters. The SMILES string of the molecule is O=C(NCc1nccc(N2CCCCC2)n1)c1ccccc1Oc1ccccc1. The molecule has 0 atom stereocenters. The smallest absolute Gasteiger partial charge is 0.255 e. The van der Waals surface area contributed by atoms with E-state index in [1.165, 1.54) is 19.3 Å². The van der Waals surface area contributed by atoms with E-state index in [0.717, 1.165) is 18.9 Å². The van der Waals surface area contributed by atoms with Gasteiger partial charge in [0.15, 0.2) is 0 Å². The van der Waals surface area contributed by atoms with Crippen molar-refractivity contribution in [3.8, 4) is 11.5 Å². The number of rotatable bonds is 6. The van der Waals surface area contributed by atoms with Gasteiger partial charge in [-0.15, -0.1) is 0 Å². The zero-order valence-corrected chi connectivity index (χ0v) is 16.3. The molecule has 0 radical (unpaired) electrons. The fraction of sp³-hybridized carbons (Fsp3) is 0.261. The number of hydrogen-bond acceptors (Lipinski definition) is 5. The highest BCUT2D eigenvalue weighted by Gasteiger charge is 2.15. The quantitative estimate of drug-likeness (QED) is 0.686. The van der Waals surface area contributed by atoms with E-state index in [-0.39, 0.29) is 12.5 Å². The lowest BCUT2D eigenvalue weighted by molar-refractivity contribution is 0.0947. The third-order valence-electron chi connectivity index (χ3n) is 4.88. The van der Waals surface area contributed by atoms with Gasteiger partial charge in [-0.25, -0.2) is 9.97 Å². The van der Waals surface area contributed by atoms with Gasteiger partial charge >= 0.3 is 0 Å². The average molecular weight is 388 g/mol. The first-order valence-electron chi connectivity index (χ1n) is 9.96. The Balaban J connectivity index is 1.43. The second-order valence-corrected chi connectivity index (χ2v) is 6.97. The Bertz CT molecular complexity index is 956. The molecule has 6 nitrogen and oxygen atoms in total. The number of anilines is 1. The molecule has 1 fully saturated rings. The van der Waals surface area contributed by atoms with Gasteiger partial charge in [-0.1, -0.05) is 30.3 Å². The van der Waals surface area contributed by atoms with Crippen molar-refractivity contribution in [3.63, 3.8) is 0 Å². The van der Waals surface area contributed by atoms with E-state index in [0.29, 0.717) is 22.9 Å². The molecule has 1 N–H and O–H groups in total. The molecule has 4 rings (SSSR count). The zero-order chi connectivity index (χ0) is 19.9. The summed E-state index contributed by atoms with van der Waals surface area (Å²) in [4.78, 5) is 24.0. The van der Waals surface area contributed by atoms with E-state index < -0.39 is 0 Å². The van der Waals surface area contributed by atoms with Crippen LogP contribution in [0.1, 0.15) is 35.4 Å². The number of amides is 1. The van der Waals surface area contributed by atoms with Gasteiger partial charge in [-0.05, 0) is 49.6 Å². The van der Waals surface area contributed by atoms with Crippen molar-refractivity contribution in [2.75, 3.05) is 18.0 Å². The third kappa shape index (κ3) is 4.90. The molecular formula is C23H24N4O2. The maximum Gasteiger partial charge on any atom is 0.255 e. The van der Waals surface area contributed by atoms with Crippen molar-refractivity contribution < 1.29 is 9.53 Å². The number of nitrogens with zero attached hydrogens (tertiary/aromatic N) is 3. The number of benzene rings is 2. The van der Waals surface area contributed by atoms with Gasteiger partial charge in [0.05, 0.1) is 12.1 Å². The summed E-state index contributed by atoms with van der Waals surface area (Å²) < 4.78 is 5.88. The molecule has 1 saturated heterocycles. The summed E-state index contributed by atoms with van der Waals surface area (Å²) in [5.74, 6) is 2.51. The van der Waals surface area contributed by atoms with Gasteiger partial charge in [0.25, 0.3) is 5.91 Å². The number of nitrogens with one attached hydrogen (secondary N) is 1. The summed E-state index contributed by atoms with van der Waals surface area (Å²) >= 11 is 0. The molecule has 0 aliphatic carbocycles. The van der Waals surface area contributed by atoms with E-state index in [9.17, 15) is 4.79 Å². The predicted molar refractivity (Wildman–Crippen MR) is 112 cm³/mol. The lowest BCUT2D eigenvalue weighted by Gasteiger charge is -2.27. The van der Waals surface area contributed by atoms with E-state index in [4.69, 9.17) is 4.74 Å². The second kappa shape index (κ2) is 9.19. The highest BCUT2D eigenvalue weighted by atomic mass is 16.5. The van der Waals surface area contributed by atoms with Crippen LogP contribution < -0.4 is 15.0 Å². The highest BCUT2D eigenvalue weighted by molar-refractivity contribution is 5.96. The average Bonchev–Trinajstić information content (AvgIpc) is 2.79. The minimum atomic E-state index is -0.219. The largest absolute Gasteiger partial charge is 0.457 e. The molecule has 0 spiro atoms. The van der Waals surface area contributed by atoms with Crippen LogP contribution in [0, 0.1) is 0 Å².